The molecule has 1 fully saturated rings. The van der Waals surface area contributed by atoms with Crippen molar-refractivity contribution >= 4 is 23.4 Å². The lowest BCUT2D eigenvalue weighted by Gasteiger charge is -2.34. The first-order chi connectivity index (χ1) is 16.9. The van der Waals surface area contributed by atoms with Crippen molar-refractivity contribution in [3.05, 3.63) is 101 Å². The van der Waals surface area contributed by atoms with E-state index in [4.69, 9.17) is 16.0 Å². The predicted octanol–water partition coefficient (Wildman–Crippen LogP) is 5.61. The average molecular weight is 488 g/mol. The largest absolute Gasteiger partial charge is 0.459 e. The second kappa shape index (κ2) is 9.47. The first-order valence-corrected chi connectivity index (χ1v) is 12.0. The van der Waals surface area contributed by atoms with Crippen LogP contribution in [0.2, 0.25) is 5.02 Å². The normalized spacial score (nSPS) is 13.8. The Hall–Kier alpha value is -3.77. The average Bonchev–Trinajstić information content (AvgIpc) is 3.52. The van der Waals surface area contributed by atoms with Gasteiger partial charge in [-0.15, -0.1) is 0 Å². The summed E-state index contributed by atoms with van der Waals surface area (Å²) in [6, 6.07) is 21.2. The third-order valence-electron chi connectivity index (χ3n) is 6.46. The topological polar surface area (TPSA) is 58.7 Å². The summed E-state index contributed by atoms with van der Waals surface area (Å²) < 4.78 is 7.37. The second-order valence-corrected chi connectivity index (χ2v) is 9.21. The van der Waals surface area contributed by atoms with Crippen LogP contribution in [-0.4, -0.2) is 52.4 Å². The summed E-state index contributed by atoms with van der Waals surface area (Å²) in [7, 11) is 0. The highest BCUT2D eigenvalue weighted by Crippen LogP contribution is 2.31. The van der Waals surface area contributed by atoms with Gasteiger partial charge in [0.1, 0.15) is 0 Å². The van der Waals surface area contributed by atoms with Gasteiger partial charge in [0, 0.05) is 42.6 Å². The number of hydrogen-bond acceptors (Lipinski definition) is 3. The highest BCUT2D eigenvalue weighted by Gasteiger charge is 2.29. The van der Waals surface area contributed by atoms with E-state index in [1.165, 1.54) is 6.26 Å². The Balaban J connectivity index is 1.45. The molecule has 0 radical (unpaired) electrons. The highest BCUT2D eigenvalue weighted by molar-refractivity contribution is 6.30. The third-order valence-corrected chi connectivity index (χ3v) is 6.72. The quantitative estimate of drug-likeness (QED) is 0.376. The van der Waals surface area contributed by atoms with Crippen LogP contribution in [0.15, 0.2) is 77.4 Å². The number of benzene rings is 2. The van der Waals surface area contributed by atoms with Crippen molar-refractivity contribution in [1.82, 2.24) is 14.4 Å². The van der Waals surface area contributed by atoms with Gasteiger partial charge in [0.15, 0.2) is 5.76 Å². The molecule has 0 spiro atoms. The number of piperazine rings is 1. The first kappa shape index (κ1) is 23.0. The highest BCUT2D eigenvalue weighted by atomic mass is 35.5. The number of rotatable bonds is 4. The molecule has 3 heterocycles. The maximum Gasteiger partial charge on any atom is 0.289 e. The SMILES string of the molecule is Cc1cccc(-n2c(-c3ccc(Cl)cc3)cc(C(=O)N3CCN(C(=O)c4ccco4)CC3)c2C)c1. The Bertz CT molecular complexity index is 1370. The van der Waals surface area contributed by atoms with E-state index in [1.54, 1.807) is 17.0 Å². The number of carbonyl (C=O) groups is 2. The number of nitrogens with zero attached hydrogens (tertiary/aromatic N) is 3. The second-order valence-electron chi connectivity index (χ2n) is 8.77. The molecule has 1 saturated heterocycles. The van der Waals surface area contributed by atoms with Crippen LogP contribution in [-0.2, 0) is 0 Å². The van der Waals surface area contributed by atoms with Gasteiger partial charge >= 0.3 is 0 Å². The molecule has 0 bridgehead atoms. The molecule has 1 aliphatic rings. The molecule has 4 aromatic rings. The molecule has 7 heteroatoms. The van der Waals surface area contributed by atoms with E-state index >= 15 is 0 Å². The Morgan fingerprint density at radius 1 is 0.829 bits per heavy atom. The molecule has 0 N–H and O–H groups in total. The molecular formula is C28H26ClN3O3. The standard InChI is InChI=1S/C28H26ClN3O3/c1-19-5-3-6-23(17-19)32-20(2)24(18-25(32)21-8-10-22(29)11-9-21)27(33)30-12-14-31(15-13-30)28(34)26-7-4-16-35-26/h3-11,16-18H,12-15H2,1-2H3. The number of carbonyl (C=O) groups excluding carboxylic acids is 2. The molecule has 35 heavy (non-hydrogen) atoms. The van der Waals surface area contributed by atoms with Crippen molar-refractivity contribution in [2.45, 2.75) is 13.8 Å². The van der Waals surface area contributed by atoms with Gasteiger partial charge in [0.05, 0.1) is 17.5 Å². The van der Waals surface area contributed by atoms with Crippen molar-refractivity contribution in [3.8, 4) is 16.9 Å². The molecule has 0 unspecified atom stereocenters. The van der Waals surface area contributed by atoms with Gasteiger partial charge in [0.25, 0.3) is 11.8 Å². The van der Waals surface area contributed by atoms with Gasteiger partial charge in [-0.25, -0.2) is 0 Å². The van der Waals surface area contributed by atoms with Crippen LogP contribution >= 0.6 is 11.6 Å². The molecule has 2 aromatic carbocycles. The van der Waals surface area contributed by atoms with Gasteiger partial charge in [-0.05, 0) is 67.4 Å². The summed E-state index contributed by atoms with van der Waals surface area (Å²) in [6.45, 7) is 5.90. The van der Waals surface area contributed by atoms with E-state index in [-0.39, 0.29) is 11.8 Å². The minimum atomic E-state index is -0.145. The van der Waals surface area contributed by atoms with Crippen LogP contribution in [0.4, 0.5) is 0 Å². The van der Waals surface area contributed by atoms with E-state index in [1.807, 2.05) is 54.3 Å². The van der Waals surface area contributed by atoms with Crippen molar-refractivity contribution in [2.75, 3.05) is 26.2 Å². The third kappa shape index (κ3) is 4.49. The molecule has 6 nitrogen and oxygen atoms in total. The van der Waals surface area contributed by atoms with E-state index in [2.05, 4.69) is 23.6 Å². The lowest BCUT2D eigenvalue weighted by atomic mass is 10.1. The van der Waals surface area contributed by atoms with Crippen molar-refractivity contribution in [1.29, 1.82) is 0 Å². The van der Waals surface area contributed by atoms with Crippen LogP contribution in [0.3, 0.4) is 0 Å². The molecule has 0 saturated carbocycles. The molecule has 0 aliphatic carbocycles. The zero-order valence-corrected chi connectivity index (χ0v) is 20.5. The fourth-order valence-corrected chi connectivity index (χ4v) is 4.72. The fourth-order valence-electron chi connectivity index (χ4n) is 4.60. The smallest absolute Gasteiger partial charge is 0.289 e. The maximum atomic E-state index is 13.6. The molecule has 0 atom stereocenters. The van der Waals surface area contributed by atoms with Gasteiger partial charge < -0.3 is 18.8 Å². The Morgan fingerprint density at radius 3 is 2.14 bits per heavy atom. The van der Waals surface area contributed by atoms with Crippen molar-refractivity contribution in [3.63, 3.8) is 0 Å². The zero-order chi connectivity index (χ0) is 24.5. The number of amides is 2. The minimum absolute atomic E-state index is 0.0331. The van der Waals surface area contributed by atoms with E-state index in [0.29, 0.717) is 42.5 Å². The number of hydrogen-bond donors (Lipinski definition) is 0. The maximum absolute atomic E-state index is 13.6. The first-order valence-electron chi connectivity index (χ1n) is 11.6. The van der Waals surface area contributed by atoms with Crippen LogP contribution in [0.5, 0.6) is 0 Å². The number of furan rings is 1. The number of aryl methyl sites for hydroxylation is 1. The van der Waals surface area contributed by atoms with Crippen LogP contribution < -0.4 is 0 Å². The van der Waals surface area contributed by atoms with Crippen LogP contribution in [0.1, 0.15) is 32.2 Å². The molecular weight excluding hydrogens is 462 g/mol. The Labute approximate surface area is 209 Å². The van der Waals surface area contributed by atoms with Gasteiger partial charge in [-0.3, -0.25) is 9.59 Å². The fraction of sp³-hybridized carbons (Fsp3) is 0.214. The van der Waals surface area contributed by atoms with Gasteiger partial charge in [0.2, 0.25) is 0 Å². The molecule has 5 rings (SSSR count). The summed E-state index contributed by atoms with van der Waals surface area (Å²) in [5.41, 5.74) is 5.58. The number of halogens is 1. The van der Waals surface area contributed by atoms with E-state index in [9.17, 15) is 9.59 Å². The van der Waals surface area contributed by atoms with Crippen molar-refractivity contribution < 1.29 is 14.0 Å². The Kier molecular flexibility index (Phi) is 6.22. The molecule has 178 valence electrons. The Morgan fingerprint density at radius 2 is 1.51 bits per heavy atom. The van der Waals surface area contributed by atoms with Crippen LogP contribution in [0.25, 0.3) is 16.9 Å². The summed E-state index contributed by atoms with van der Waals surface area (Å²) in [5.74, 6) is 0.145. The van der Waals surface area contributed by atoms with Crippen LogP contribution in [0, 0.1) is 13.8 Å². The summed E-state index contributed by atoms with van der Waals surface area (Å²) in [5, 5.41) is 0.664. The monoisotopic (exact) mass is 487 g/mol. The van der Waals surface area contributed by atoms with Gasteiger partial charge in [-0.1, -0.05) is 35.9 Å². The summed E-state index contributed by atoms with van der Waals surface area (Å²) >= 11 is 6.13. The van der Waals surface area contributed by atoms with Crippen molar-refractivity contribution in [2.24, 2.45) is 0 Å². The molecule has 2 amide bonds. The lowest BCUT2D eigenvalue weighted by Crippen LogP contribution is -2.50. The number of aromatic nitrogens is 1. The molecule has 1 aliphatic heterocycles. The minimum Gasteiger partial charge on any atom is -0.459 e. The summed E-state index contributed by atoms with van der Waals surface area (Å²) in [4.78, 5) is 29.8. The molecule has 2 aromatic heterocycles. The summed E-state index contributed by atoms with van der Waals surface area (Å²) in [6.07, 6.45) is 1.49. The van der Waals surface area contributed by atoms with E-state index < -0.39 is 0 Å². The van der Waals surface area contributed by atoms with E-state index in [0.717, 1.165) is 28.2 Å². The zero-order valence-electron chi connectivity index (χ0n) is 19.7. The predicted molar refractivity (Wildman–Crippen MR) is 136 cm³/mol. The lowest BCUT2D eigenvalue weighted by molar-refractivity contribution is 0.0518. The van der Waals surface area contributed by atoms with Gasteiger partial charge in [-0.2, -0.15) is 0 Å².